The third kappa shape index (κ3) is 3.44. The Morgan fingerprint density at radius 2 is 2.20 bits per heavy atom. The molecule has 0 bridgehead atoms. The lowest BCUT2D eigenvalue weighted by Gasteiger charge is -2.08. The summed E-state index contributed by atoms with van der Waals surface area (Å²) in [6.07, 6.45) is 0. The summed E-state index contributed by atoms with van der Waals surface area (Å²) in [7, 11) is 0. The van der Waals surface area contributed by atoms with Gasteiger partial charge in [-0.1, -0.05) is 25.4 Å². The highest BCUT2D eigenvalue weighted by Gasteiger charge is 2.10. The van der Waals surface area contributed by atoms with Gasteiger partial charge in [-0.15, -0.1) is 0 Å². The number of hydrogen-bond acceptors (Lipinski definition) is 2. The van der Waals surface area contributed by atoms with Crippen molar-refractivity contribution < 1.29 is 9.90 Å². The van der Waals surface area contributed by atoms with E-state index < -0.39 is 0 Å². The number of carbonyl (C=O) groups is 1. The molecule has 1 aromatic rings. The number of hydrogen-bond donors (Lipinski definition) is 2. The second-order valence-corrected chi connectivity index (χ2v) is 4.18. The molecule has 4 heteroatoms. The molecule has 1 amide bonds. The first-order chi connectivity index (χ1) is 7.00. The maximum atomic E-state index is 11.6. The maximum Gasteiger partial charge on any atom is 0.252 e. The number of benzene rings is 1. The normalized spacial score (nSPS) is 10.4. The van der Waals surface area contributed by atoms with Gasteiger partial charge in [-0.05, 0) is 24.1 Å². The summed E-state index contributed by atoms with van der Waals surface area (Å²) in [6, 6.07) is 4.31. The molecule has 0 atom stereocenters. The van der Waals surface area contributed by atoms with E-state index in [-0.39, 0.29) is 11.7 Å². The first kappa shape index (κ1) is 11.9. The zero-order valence-corrected chi connectivity index (χ0v) is 9.51. The molecule has 1 rings (SSSR count). The number of amides is 1. The van der Waals surface area contributed by atoms with Crippen LogP contribution in [0.25, 0.3) is 0 Å². The van der Waals surface area contributed by atoms with Crippen LogP contribution in [0.3, 0.4) is 0 Å². The van der Waals surface area contributed by atoms with E-state index in [1.54, 1.807) is 0 Å². The van der Waals surface area contributed by atoms with Crippen molar-refractivity contribution in [3.63, 3.8) is 0 Å². The molecular weight excluding hydrogens is 214 g/mol. The van der Waals surface area contributed by atoms with Crippen molar-refractivity contribution >= 4 is 17.5 Å². The zero-order valence-electron chi connectivity index (χ0n) is 8.75. The quantitative estimate of drug-likeness (QED) is 0.833. The Kier molecular flexibility index (Phi) is 3.97. The molecule has 0 heterocycles. The van der Waals surface area contributed by atoms with Crippen LogP contribution in [0.4, 0.5) is 0 Å². The molecule has 0 aliphatic rings. The Morgan fingerprint density at radius 3 is 2.80 bits per heavy atom. The van der Waals surface area contributed by atoms with Gasteiger partial charge in [-0.25, -0.2) is 0 Å². The topological polar surface area (TPSA) is 49.3 Å². The lowest BCUT2D eigenvalue weighted by Crippen LogP contribution is -2.27. The second kappa shape index (κ2) is 5.03. The molecule has 82 valence electrons. The Balaban J connectivity index is 2.77. The van der Waals surface area contributed by atoms with Crippen molar-refractivity contribution in [2.24, 2.45) is 5.92 Å². The van der Waals surface area contributed by atoms with Crippen LogP contribution in [-0.2, 0) is 0 Å². The van der Waals surface area contributed by atoms with E-state index >= 15 is 0 Å². The lowest BCUT2D eigenvalue weighted by molar-refractivity contribution is 0.0949. The van der Waals surface area contributed by atoms with E-state index in [0.717, 1.165) is 0 Å². The molecule has 0 aromatic heterocycles. The van der Waals surface area contributed by atoms with Crippen LogP contribution in [0.5, 0.6) is 5.75 Å². The Labute approximate surface area is 94.1 Å². The van der Waals surface area contributed by atoms with Crippen LogP contribution in [0.15, 0.2) is 18.2 Å². The van der Waals surface area contributed by atoms with Crippen molar-refractivity contribution in [2.75, 3.05) is 6.54 Å². The molecule has 0 aliphatic heterocycles. The zero-order chi connectivity index (χ0) is 11.4. The number of phenols is 1. The van der Waals surface area contributed by atoms with Crippen molar-refractivity contribution in [2.45, 2.75) is 13.8 Å². The van der Waals surface area contributed by atoms with Crippen LogP contribution in [-0.4, -0.2) is 17.6 Å². The van der Waals surface area contributed by atoms with Crippen LogP contribution in [0.1, 0.15) is 24.2 Å². The van der Waals surface area contributed by atoms with E-state index in [2.05, 4.69) is 5.32 Å². The summed E-state index contributed by atoms with van der Waals surface area (Å²) < 4.78 is 0. The van der Waals surface area contributed by atoms with Crippen molar-refractivity contribution in [1.82, 2.24) is 5.32 Å². The molecule has 3 nitrogen and oxygen atoms in total. The number of carbonyl (C=O) groups excluding carboxylic acids is 1. The minimum Gasteiger partial charge on any atom is -0.508 e. The van der Waals surface area contributed by atoms with E-state index in [4.69, 9.17) is 11.6 Å². The number of aromatic hydroxyl groups is 1. The van der Waals surface area contributed by atoms with Gasteiger partial charge in [0.25, 0.3) is 5.91 Å². The summed E-state index contributed by atoms with van der Waals surface area (Å²) in [4.78, 5) is 11.6. The minimum absolute atomic E-state index is 0.0362. The monoisotopic (exact) mass is 227 g/mol. The molecule has 2 N–H and O–H groups in total. The Bertz CT molecular complexity index is 364. The summed E-state index contributed by atoms with van der Waals surface area (Å²) in [6.45, 7) is 4.60. The average Bonchev–Trinajstić information content (AvgIpc) is 2.18. The number of halogens is 1. The first-order valence-electron chi connectivity index (χ1n) is 4.77. The molecule has 15 heavy (non-hydrogen) atoms. The first-order valence-corrected chi connectivity index (χ1v) is 5.15. The van der Waals surface area contributed by atoms with Gasteiger partial charge in [0, 0.05) is 6.54 Å². The molecular formula is C11H14ClNO2. The van der Waals surface area contributed by atoms with Crippen molar-refractivity contribution in [3.05, 3.63) is 28.8 Å². The summed E-state index contributed by atoms with van der Waals surface area (Å²) >= 11 is 5.83. The maximum absolute atomic E-state index is 11.6. The van der Waals surface area contributed by atoms with Gasteiger partial charge in [-0.2, -0.15) is 0 Å². The minimum atomic E-state index is -0.260. The van der Waals surface area contributed by atoms with Crippen LogP contribution < -0.4 is 5.32 Å². The van der Waals surface area contributed by atoms with E-state index in [1.165, 1.54) is 18.2 Å². The smallest absolute Gasteiger partial charge is 0.252 e. The van der Waals surface area contributed by atoms with Gasteiger partial charge in [-0.3, -0.25) is 4.79 Å². The molecule has 0 saturated carbocycles. The molecule has 0 fully saturated rings. The molecule has 0 spiro atoms. The summed E-state index contributed by atoms with van der Waals surface area (Å²) in [5, 5.41) is 12.3. The van der Waals surface area contributed by atoms with Crippen LogP contribution in [0, 0.1) is 5.92 Å². The number of phenolic OH excluding ortho intramolecular Hbond substituents is 1. The number of rotatable bonds is 3. The van der Waals surface area contributed by atoms with Gasteiger partial charge in [0.2, 0.25) is 0 Å². The standard InChI is InChI=1S/C11H14ClNO2/c1-7(2)6-13-11(15)9-5-8(14)3-4-10(9)12/h3-5,7,14H,6H2,1-2H3,(H,13,15). The third-order valence-electron chi connectivity index (χ3n) is 1.87. The molecule has 1 aromatic carbocycles. The second-order valence-electron chi connectivity index (χ2n) is 3.77. The molecule has 0 saturated heterocycles. The summed E-state index contributed by atoms with van der Waals surface area (Å²) in [5.74, 6) is 0.156. The highest BCUT2D eigenvalue weighted by Crippen LogP contribution is 2.20. The predicted molar refractivity (Wildman–Crippen MR) is 60.3 cm³/mol. The Morgan fingerprint density at radius 1 is 1.53 bits per heavy atom. The fourth-order valence-corrected chi connectivity index (χ4v) is 1.28. The summed E-state index contributed by atoms with van der Waals surface area (Å²) in [5.41, 5.74) is 0.303. The fourth-order valence-electron chi connectivity index (χ4n) is 1.08. The van der Waals surface area contributed by atoms with Gasteiger partial charge in [0.1, 0.15) is 5.75 Å². The van der Waals surface area contributed by atoms with Crippen molar-refractivity contribution in [3.8, 4) is 5.75 Å². The third-order valence-corrected chi connectivity index (χ3v) is 2.20. The highest BCUT2D eigenvalue weighted by atomic mass is 35.5. The van der Waals surface area contributed by atoms with E-state index in [9.17, 15) is 9.90 Å². The largest absolute Gasteiger partial charge is 0.508 e. The van der Waals surface area contributed by atoms with Gasteiger partial charge in [0.15, 0.2) is 0 Å². The fraction of sp³-hybridized carbons (Fsp3) is 0.364. The number of nitrogens with one attached hydrogen (secondary N) is 1. The Hall–Kier alpha value is -1.22. The van der Waals surface area contributed by atoms with Crippen molar-refractivity contribution in [1.29, 1.82) is 0 Å². The molecule has 0 radical (unpaired) electrons. The van der Waals surface area contributed by atoms with E-state index in [1.807, 2.05) is 13.8 Å². The van der Waals surface area contributed by atoms with Gasteiger partial charge >= 0.3 is 0 Å². The van der Waals surface area contributed by atoms with Crippen LogP contribution in [0.2, 0.25) is 5.02 Å². The lowest BCUT2D eigenvalue weighted by atomic mass is 10.2. The molecule has 0 aliphatic carbocycles. The van der Waals surface area contributed by atoms with Gasteiger partial charge in [0.05, 0.1) is 10.6 Å². The highest BCUT2D eigenvalue weighted by molar-refractivity contribution is 6.33. The van der Waals surface area contributed by atoms with Crippen LogP contribution >= 0.6 is 11.6 Å². The predicted octanol–water partition coefficient (Wildman–Crippen LogP) is 2.43. The van der Waals surface area contributed by atoms with E-state index in [0.29, 0.717) is 23.0 Å². The van der Waals surface area contributed by atoms with Gasteiger partial charge < -0.3 is 10.4 Å². The molecule has 0 unspecified atom stereocenters. The average molecular weight is 228 g/mol. The SMILES string of the molecule is CC(C)CNC(=O)c1cc(O)ccc1Cl.